The number of carbonyl (C=O) groups is 1. The summed E-state index contributed by atoms with van der Waals surface area (Å²) in [6.07, 6.45) is 2.04. The van der Waals surface area contributed by atoms with Crippen molar-refractivity contribution in [3.8, 4) is 0 Å². The van der Waals surface area contributed by atoms with E-state index in [1.54, 1.807) is 0 Å². The molecule has 0 aliphatic heterocycles. The minimum absolute atomic E-state index is 0.00492. The minimum Gasteiger partial charge on any atom is -0.393 e. The lowest BCUT2D eigenvalue weighted by Gasteiger charge is -2.12. The molecule has 2 atom stereocenters. The molecule has 4 nitrogen and oxygen atoms in total. The van der Waals surface area contributed by atoms with Crippen LogP contribution in [-0.2, 0) is 4.79 Å². The molecule has 1 rings (SSSR count). The summed E-state index contributed by atoms with van der Waals surface area (Å²) >= 11 is 0. The monoisotopic (exact) mass is 264 g/mol. The lowest BCUT2D eigenvalue weighted by Crippen LogP contribution is -2.27. The van der Waals surface area contributed by atoms with E-state index in [2.05, 4.69) is 5.32 Å². The molecule has 1 aromatic carbocycles. The Labute approximate surface area is 115 Å². The maximum Gasteiger partial charge on any atom is 0.220 e. The largest absolute Gasteiger partial charge is 0.393 e. The highest BCUT2D eigenvalue weighted by molar-refractivity contribution is 5.75. The van der Waals surface area contributed by atoms with Crippen molar-refractivity contribution < 1.29 is 9.90 Å². The van der Waals surface area contributed by atoms with Gasteiger partial charge in [-0.3, -0.25) is 4.79 Å². The molecule has 19 heavy (non-hydrogen) atoms. The van der Waals surface area contributed by atoms with Crippen LogP contribution in [0.3, 0.4) is 0 Å². The van der Waals surface area contributed by atoms with E-state index in [-0.39, 0.29) is 18.1 Å². The first-order valence-electron chi connectivity index (χ1n) is 6.88. The summed E-state index contributed by atoms with van der Waals surface area (Å²) in [5.41, 5.74) is 7.07. The number of aliphatic hydroxyl groups is 1. The van der Waals surface area contributed by atoms with Crippen molar-refractivity contribution in [2.75, 3.05) is 6.54 Å². The first kappa shape index (κ1) is 15.7. The molecule has 1 amide bonds. The molecule has 0 radical (unpaired) electrons. The molecule has 0 aliphatic rings. The molecule has 0 spiro atoms. The predicted molar refractivity (Wildman–Crippen MR) is 76.5 cm³/mol. The summed E-state index contributed by atoms with van der Waals surface area (Å²) in [7, 11) is 0. The summed E-state index contributed by atoms with van der Waals surface area (Å²) in [6.45, 7) is 2.44. The lowest BCUT2D eigenvalue weighted by atomic mass is 10.0. The standard InChI is InChI=1S/C15H24N2O2/c1-2-13(18)10-11-17-15(19)9-8-14(16)12-6-4-3-5-7-12/h3-7,13-14,18H,2,8-11,16H2,1H3,(H,17,19). The predicted octanol–water partition coefficient (Wildman–Crippen LogP) is 1.74. The van der Waals surface area contributed by atoms with Crippen LogP contribution in [-0.4, -0.2) is 23.7 Å². The Bertz CT molecular complexity index is 368. The highest BCUT2D eigenvalue weighted by Crippen LogP contribution is 2.14. The fourth-order valence-electron chi connectivity index (χ4n) is 1.82. The van der Waals surface area contributed by atoms with Crippen LogP contribution in [0.1, 0.15) is 44.2 Å². The van der Waals surface area contributed by atoms with Crippen molar-refractivity contribution in [2.24, 2.45) is 5.73 Å². The number of carbonyl (C=O) groups excluding carboxylic acids is 1. The molecule has 0 bridgehead atoms. The molecule has 0 aliphatic carbocycles. The third-order valence-electron chi connectivity index (χ3n) is 3.18. The van der Waals surface area contributed by atoms with Crippen molar-refractivity contribution in [2.45, 2.75) is 44.8 Å². The molecule has 0 aromatic heterocycles. The molecule has 4 heteroatoms. The fraction of sp³-hybridized carbons (Fsp3) is 0.533. The van der Waals surface area contributed by atoms with E-state index in [0.717, 1.165) is 12.0 Å². The number of rotatable bonds is 8. The van der Waals surface area contributed by atoms with Crippen LogP contribution in [0.15, 0.2) is 30.3 Å². The second kappa shape index (κ2) is 8.67. The number of nitrogens with one attached hydrogen (secondary N) is 1. The first-order valence-corrected chi connectivity index (χ1v) is 6.88. The molecule has 2 unspecified atom stereocenters. The zero-order chi connectivity index (χ0) is 14.1. The van der Waals surface area contributed by atoms with Crippen LogP contribution in [0.2, 0.25) is 0 Å². The van der Waals surface area contributed by atoms with Crippen LogP contribution in [0.25, 0.3) is 0 Å². The Balaban J connectivity index is 2.20. The average molecular weight is 264 g/mol. The summed E-state index contributed by atoms with van der Waals surface area (Å²) in [5.74, 6) is -0.00492. The number of hydrogen-bond donors (Lipinski definition) is 3. The molecule has 0 saturated heterocycles. The molecule has 1 aromatic rings. The van der Waals surface area contributed by atoms with Crippen LogP contribution >= 0.6 is 0 Å². The summed E-state index contributed by atoms with van der Waals surface area (Å²) in [6, 6.07) is 9.68. The number of benzene rings is 1. The smallest absolute Gasteiger partial charge is 0.220 e. The highest BCUT2D eigenvalue weighted by Gasteiger charge is 2.09. The van der Waals surface area contributed by atoms with E-state index >= 15 is 0 Å². The van der Waals surface area contributed by atoms with Crippen LogP contribution in [0.5, 0.6) is 0 Å². The first-order chi connectivity index (χ1) is 9.13. The van der Waals surface area contributed by atoms with Gasteiger partial charge >= 0.3 is 0 Å². The Hall–Kier alpha value is -1.39. The maximum absolute atomic E-state index is 11.6. The summed E-state index contributed by atoms with van der Waals surface area (Å²) in [5, 5.41) is 12.2. The Morgan fingerprint density at radius 2 is 2.00 bits per heavy atom. The van der Waals surface area contributed by atoms with Gasteiger partial charge in [0.05, 0.1) is 6.10 Å². The van der Waals surface area contributed by atoms with Crippen molar-refractivity contribution in [1.82, 2.24) is 5.32 Å². The van der Waals surface area contributed by atoms with E-state index < -0.39 is 0 Å². The normalized spacial score (nSPS) is 13.8. The molecule has 4 N–H and O–H groups in total. The van der Waals surface area contributed by atoms with E-state index in [0.29, 0.717) is 25.8 Å². The highest BCUT2D eigenvalue weighted by atomic mass is 16.3. The molecule has 0 saturated carbocycles. The zero-order valence-corrected chi connectivity index (χ0v) is 11.5. The minimum atomic E-state index is -0.327. The summed E-state index contributed by atoms with van der Waals surface area (Å²) in [4.78, 5) is 11.6. The van der Waals surface area contributed by atoms with Gasteiger partial charge in [0.1, 0.15) is 0 Å². The average Bonchev–Trinajstić information content (AvgIpc) is 2.45. The quantitative estimate of drug-likeness (QED) is 0.669. The van der Waals surface area contributed by atoms with Gasteiger partial charge in [-0.25, -0.2) is 0 Å². The second-order valence-corrected chi connectivity index (χ2v) is 4.76. The van der Waals surface area contributed by atoms with E-state index in [4.69, 9.17) is 5.73 Å². The third-order valence-corrected chi connectivity index (χ3v) is 3.18. The SMILES string of the molecule is CCC(O)CCNC(=O)CCC(N)c1ccccc1. The molecule has 0 heterocycles. The third kappa shape index (κ3) is 6.36. The number of aliphatic hydroxyl groups excluding tert-OH is 1. The Morgan fingerprint density at radius 3 is 2.63 bits per heavy atom. The van der Waals surface area contributed by atoms with Gasteiger partial charge in [0, 0.05) is 19.0 Å². The van der Waals surface area contributed by atoms with Crippen molar-refractivity contribution in [3.63, 3.8) is 0 Å². The second-order valence-electron chi connectivity index (χ2n) is 4.76. The van der Waals surface area contributed by atoms with E-state index in [9.17, 15) is 9.90 Å². The maximum atomic E-state index is 11.6. The van der Waals surface area contributed by atoms with E-state index in [1.807, 2.05) is 37.3 Å². The van der Waals surface area contributed by atoms with Crippen LogP contribution in [0.4, 0.5) is 0 Å². The van der Waals surface area contributed by atoms with Crippen LogP contribution in [0, 0.1) is 0 Å². The van der Waals surface area contributed by atoms with Gasteiger partial charge in [0.25, 0.3) is 0 Å². The lowest BCUT2D eigenvalue weighted by molar-refractivity contribution is -0.121. The van der Waals surface area contributed by atoms with Gasteiger partial charge in [0.2, 0.25) is 5.91 Å². The summed E-state index contributed by atoms with van der Waals surface area (Å²) < 4.78 is 0. The van der Waals surface area contributed by atoms with Gasteiger partial charge in [-0.15, -0.1) is 0 Å². The Morgan fingerprint density at radius 1 is 1.32 bits per heavy atom. The zero-order valence-electron chi connectivity index (χ0n) is 11.5. The molecular formula is C15H24N2O2. The molecular weight excluding hydrogens is 240 g/mol. The van der Waals surface area contributed by atoms with Gasteiger partial charge in [-0.2, -0.15) is 0 Å². The van der Waals surface area contributed by atoms with Crippen molar-refractivity contribution >= 4 is 5.91 Å². The van der Waals surface area contributed by atoms with Crippen molar-refractivity contribution in [3.05, 3.63) is 35.9 Å². The van der Waals surface area contributed by atoms with Crippen LogP contribution < -0.4 is 11.1 Å². The number of nitrogens with two attached hydrogens (primary N) is 1. The number of amides is 1. The van der Waals surface area contributed by atoms with Gasteiger partial charge in [0.15, 0.2) is 0 Å². The van der Waals surface area contributed by atoms with Gasteiger partial charge in [-0.1, -0.05) is 37.3 Å². The van der Waals surface area contributed by atoms with Crippen molar-refractivity contribution in [1.29, 1.82) is 0 Å². The molecule has 106 valence electrons. The van der Waals surface area contributed by atoms with Gasteiger partial charge in [-0.05, 0) is 24.8 Å². The fourth-order valence-corrected chi connectivity index (χ4v) is 1.82. The molecule has 0 fully saturated rings. The number of hydrogen-bond acceptors (Lipinski definition) is 3. The van der Waals surface area contributed by atoms with E-state index in [1.165, 1.54) is 0 Å². The van der Waals surface area contributed by atoms with Gasteiger partial charge < -0.3 is 16.2 Å². The topological polar surface area (TPSA) is 75.3 Å². The Kier molecular flexibility index (Phi) is 7.15.